The van der Waals surface area contributed by atoms with E-state index >= 15 is 0 Å². The van der Waals surface area contributed by atoms with Crippen molar-refractivity contribution in [1.29, 1.82) is 0 Å². The quantitative estimate of drug-likeness (QED) is 0.806. The maximum Gasteiger partial charge on any atom is 0.257 e. The maximum atomic E-state index is 12.4. The summed E-state index contributed by atoms with van der Waals surface area (Å²) in [7, 11) is 0. The summed E-state index contributed by atoms with van der Waals surface area (Å²) in [5, 5.41) is 6.71. The van der Waals surface area contributed by atoms with E-state index in [1.807, 2.05) is 11.8 Å². The van der Waals surface area contributed by atoms with Gasteiger partial charge in [-0.2, -0.15) is 5.10 Å². The second-order valence-corrected chi connectivity index (χ2v) is 5.50. The number of nitrogens with one attached hydrogen (secondary N) is 1. The lowest BCUT2D eigenvalue weighted by molar-refractivity contribution is 0.0689. The minimum atomic E-state index is -0.0670. The van der Waals surface area contributed by atoms with E-state index in [9.17, 15) is 4.79 Å². The minimum Gasteiger partial charge on any atom is -0.338 e. The second kappa shape index (κ2) is 6.00. The SMILES string of the molecule is CCCN(CC(C)(C)CN)C(=O)c1cn[nH]c1C. The third-order valence-corrected chi connectivity index (χ3v) is 3.01. The van der Waals surface area contributed by atoms with Gasteiger partial charge in [0.25, 0.3) is 5.91 Å². The fraction of sp³-hybridized carbons (Fsp3) is 0.692. The van der Waals surface area contributed by atoms with Crippen LogP contribution in [0.4, 0.5) is 0 Å². The first-order valence-electron chi connectivity index (χ1n) is 6.40. The Labute approximate surface area is 109 Å². The number of hydrogen-bond donors (Lipinski definition) is 2. The van der Waals surface area contributed by atoms with Crippen LogP contribution >= 0.6 is 0 Å². The van der Waals surface area contributed by atoms with E-state index in [4.69, 9.17) is 5.73 Å². The van der Waals surface area contributed by atoms with Crippen molar-refractivity contribution in [2.24, 2.45) is 11.1 Å². The van der Waals surface area contributed by atoms with E-state index in [1.165, 1.54) is 0 Å². The molecule has 0 bridgehead atoms. The molecule has 1 aromatic rings. The predicted molar refractivity (Wildman–Crippen MR) is 72.4 cm³/mol. The molecule has 0 spiro atoms. The van der Waals surface area contributed by atoms with E-state index in [0.717, 1.165) is 18.7 Å². The van der Waals surface area contributed by atoms with Crippen LogP contribution in [-0.2, 0) is 0 Å². The molecular formula is C13H24N4O. The number of carbonyl (C=O) groups is 1. The van der Waals surface area contributed by atoms with Gasteiger partial charge in [-0.15, -0.1) is 0 Å². The number of nitrogens with zero attached hydrogens (tertiary/aromatic N) is 2. The van der Waals surface area contributed by atoms with Crippen molar-refractivity contribution >= 4 is 5.91 Å². The van der Waals surface area contributed by atoms with Crippen molar-refractivity contribution in [3.8, 4) is 0 Å². The Kier molecular flexibility index (Phi) is 4.90. The van der Waals surface area contributed by atoms with Gasteiger partial charge in [0.15, 0.2) is 0 Å². The molecule has 0 aliphatic carbocycles. The van der Waals surface area contributed by atoms with Crippen LogP contribution in [0.3, 0.4) is 0 Å². The summed E-state index contributed by atoms with van der Waals surface area (Å²) in [5.41, 5.74) is 7.14. The molecule has 18 heavy (non-hydrogen) atoms. The summed E-state index contributed by atoms with van der Waals surface area (Å²) >= 11 is 0. The fourth-order valence-electron chi connectivity index (χ4n) is 1.84. The molecule has 1 aromatic heterocycles. The first kappa shape index (κ1) is 14.7. The number of carbonyl (C=O) groups excluding carboxylic acids is 1. The highest BCUT2D eigenvalue weighted by atomic mass is 16.2. The van der Waals surface area contributed by atoms with E-state index < -0.39 is 0 Å². The van der Waals surface area contributed by atoms with Crippen LogP contribution in [0.2, 0.25) is 0 Å². The molecule has 5 heteroatoms. The summed E-state index contributed by atoms with van der Waals surface area (Å²) in [5.74, 6) is 0.0321. The third kappa shape index (κ3) is 3.57. The molecule has 0 unspecified atom stereocenters. The van der Waals surface area contributed by atoms with Crippen LogP contribution in [-0.4, -0.2) is 40.6 Å². The smallest absolute Gasteiger partial charge is 0.257 e. The van der Waals surface area contributed by atoms with Crippen LogP contribution in [0.1, 0.15) is 43.2 Å². The summed E-state index contributed by atoms with van der Waals surface area (Å²) in [6.07, 6.45) is 2.53. The molecule has 0 radical (unpaired) electrons. The van der Waals surface area contributed by atoms with Crippen LogP contribution in [0.25, 0.3) is 0 Å². The first-order valence-corrected chi connectivity index (χ1v) is 6.40. The Morgan fingerprint density at radius 1 is 1.56 bits per heavy atom. The largest absolute Gasteiger partial charge is 0.338 e. The van der Waals surface area contributed by atoms with Gasteiger partial charge in [0.1, 0.15) is 0 Å². The van der Waals surface area contributed by atoms with Gasteiger partial charge in [0.05, 0.1) is 11.8 Å². The van der Waals surface area contributed by atoms with Crippen molar-refractivity contribution in [1.82, 2.24) is 15.1 Å². The molecule has 0 atom stereocenters. The highest BCUT2D eigenvalue weighted by Gasteiger charge is 2.25. The zero-order valence-electron chi connectivity index (χ0n) is 11.8. The van der Waals surface area contributed by atoms with Gasteiger partial charge in [-0.1, -0.05) is 20.8 Å². The lowest BCUT2D eigenvalue weighted by atomic mass is 9.92. The molecule has 102 valence electrons. The lowest BCUT2D eigenvalue weighted by Crippen LogP contribution is -2.42. The van der Waals surface area contributed by atoms with Gasteiger partial charge in [-0.3, -0.25) is 9.89 Å². The maximum absolute atomic E-state index is 12.4. The number of amides is 1. The molecule has 1 rings (SSSR count). The average molecular weight is 252 g/mol. The van der Waals surface area contributed by atoms with Gasteiger partial charge in [-0.25, -0.2) is 0 Å². The van der Waals surface area contributed by atoms with Crippen molar-refractivity contribution in [2.45, 2.75) is 34.1 Å². The standard InChI is InChI=1S/C13H24N4O/c1-5-6-17(9-13(3,4)8-14)12(18)11-7-15-16-10(11)2/h7H,5-6,8-9,14H2,1-4H3,(H,15,16). The zero-order valence-corrected chi connectivity index (χ0v) is 11.8. The molecule has 0 aliphatic rings. The minimum absolute atomic E-state index is 0.0321. The molecule has 0 fully saturated rings. The molecule has 0 saturated carbocycles. The van der Waals surface area contributed by atoms with E-state index in [2.05, 4.69) is 31.0 Å². The number of aromatic nitrogens is 2. The topological polar surface area (TPSA) is 75.0 Å². The molecule has 1 heterocycles. The number of H-pyrrole nitrogens is 1. The number of aryl methyl sites for hydroxylation is 1. The monoisotopic (exact) mass is 252 g/mol. The van der Waals surface area contributed by atoms with E-state index in [-0.39, 0.29) is 11.3 Å². The Hall–Kier alpha value is -1.36. The Morgan fingerprint density at radius 2 is 2.22 bits per heavy atom. The molecular weight excluding hydrogens is 228 g/mol. The van der Waals surface area contributed by atoms with Gasteiger partial charge >= 0.3 is 0 Å². The number of rotatable bonds is 6. The number of nitrogens with two attached hydrogens (primary N) is 1. The predicted octanol–water partition coefficient (Wildman–Crippen LogP) is 1.56. The second-order valence-electron chi connectivity index (χ2n) is 5.50. The summed E-state index contributed by atoms with van der Waals surface area (Å²) in [6.45, 7) is 10.0. The average Bonchev–Trinajstić information content (AvgIpc) is 2.74. The van der Waals surface area contributed by atoms with E-state index in [0.29, 0.717) is 18.7 Å². The van der Waals surface area contributed by atoms with Crippen molar-refractivity contribution in [2.75, 3.05) is 19.6 Å². The molecule has 1 amide bonds. The normalized spacial score (nSPS) is 11.6. The molecule has 0 aromatic carbocycles. The molecule has 0 saturated heterocycles. The van der Waals surface area contributed by atoms with Crippen LogP contribution in [0.5, 0.6) is 0 Å². The lowest BCUT2D eigenvalue weighted by Gasteiger charge is -2.31. The zero-order chi connectivity index (χ0) is 13.8. The van der Waals surface area contributed by atoms with Crippen molar-refractivity contribution in [3.63, 3.8) is 0 Å². The Balaban J connectivity index is 2.85. The molecule has 3 N–H and O–H groups in total. The van der Waals surface area contributed by atoms with Gasteiger partial charge < -0.3 is 10.6 Å². The summed E-state index contributed by atoms with van der Waals surface area (Å²) < 4.78 is 0. The van der Waals surface area contributed by atoms with E-state index in [1.54, 1.807) is 6.20 Å². The molecule has 0 aliphatic heterocycles. The van der Waals surface area contributed by atoms with Gasteiger partial charge in [0, 0.05) is 18.8 Å². The highest BCUT2D eigenvalue weighted by molar-refractivity contribution is 5.95. The summed E-state index contributed by atoms with van der Waals surface area (Å²) in [6, 6.07) is 0. The number of aromatic amines is 1. The van der Waals surface area contributed by atoms with Crippen LogP contribution in [0.15, 0.2) is 6.20 Å². The van der Waals surface area contributed by atoms with Crippen molar-refractivity contribution < 1.29 is 4.79 Å². The Morgan fingerprint density at radius 3 is 2.67 bits per heavy atom. The number of hydrogen-bond acceptors (Lipinski definition) is 3. The van der Waals surface area contributed by atoms with Gasteiger partial charge in [-0.05, 0) is 25.3 Å². The Bertz CT molecular complexity index is 397. The van der Waals surface area contributed by atoms with Crippen molar-refractivity contribution in [3.05, 3.63) is 17.5 Å². The third-order valence-electron chi connectivity index (χ3n) is 3.01. The first-order chi connectivity index (χ1) is 8.41. The van der Waals surface area contributed by atoms with Crippen LogP contribution < -0.4 is 5.73 Å². The van der Waals surface area contributed by atoms with Crippen LogP contribution in [0, 0.1) is 12.3 Å². The van der Waals surface area contributed by atoms with Gasteiger partial charge in [0.2, 0.25) is 0 Å². The highest BCUT2D eigenvalue weighted by Crippen LogP contribution is 2.18. The molecule has 5 nitrogen and oxygen atoms in total. The fourth-order valence-corrected chi connectivity index (χ4v) is 1.84. The summed E-state index contributed by atoms with van der Waals surface area (Å²) in [4.78, 5) is 14.3.